The highest BCUT2D eigenvalue weighted by molar-refractivity contribution is 7.90. The van der Waals surface area contributed by atoms with E-state index < -0.39 is 9.84 Å². The summed E-state index contributed by atoms with van der Waals surface area (Å²) in [5, 5.41) is 3.34. The van der Waals surface area contributed by atoms with Crippen molar-refractivity contribution in [2.45, 2.75) is 36.5 Å². The highest BCUT2D eigenvalue weighted by Gasteiger charge is 2.42. The van der Waals surface area contributed by atoms with Crippen LogP contribution in [0, 0.1) is 0 Å². The lowest BCUT2D eigenvalue weighted by Gasteiger charge is -2.43. The molecule has 1 aromatic rings. The van der Waals surface area contributed by atoms with Crippen LogP contribution < -0.4 is 10.1 Å². The number of ether oxygens (including phenoxy) is 2. The molecule has 0 heterocycles. The van der Waals surface area contributed by atoms with E-state index in [2.05, 4.69) is 12.2 Å². The molecule has 1 aromatic carbocycles. The van der Waals surface area contributed by atoms with Gasteiger partial charge in [-0.25, -0.2) is 8.42 Å². The molecule has 0 aromatic heterocycles. The molecule has 0 spiro atoms. The summed E-state index contributed by atoms with van der Waals surface area (Å²) in [5.41, 5.74) is 0. The lowest BCUT2D eigenvalue weighted by Crippen LogP contribution is -2.60. The average molecular weight is 299 g/mol. The van der Waals surface area contributed by atoms with E-state index in [4.69, 9.17) is 9.47 Å². The fourth-order valence-electron chi connectivity index (χ4n) is 2.41. The van der Waals surface area contributed by atoms with Gasteiger partial charge in [-0.3, -0.25) is 0 Å². The monoisotopic (exact) mass is 299 g/mol. The Kier molecular flexibility index (Phi) is 4.67. The molecular weight excluding hydrogens is 278 g/mol. The van der Waals surface area contributed by atoms with Crippen molar-refractivity contribution in [3.63, 3.8) is 0 Å². The highest BCUT2D eigenvalue weighted by Crippen LogP contribution is 2.29. The SMILES string of the molecule is CCNC1CC(Oc2ccc(S(C)(=O)=O)cc2)C1OC. The number of hydrogen-bond acceptors (Lipinski definition) is 5. The zero-order chi connectivity index (χ0) is 14.8. The molecule has 0 aliphatic heterocycles. The minimum absolute atomic E-state index is 0.00753. The largest absolute Gasteiger partial charge is 0.488 e. The molecule has 1 N–H and O–H groups in total. The molecule has 3 atom stereocenters. The van der Waals surface area contributed by atoms with Crippen LogP contribution in [-0.4, -0.2) is 46.6 Å². The van der Waals surface area contributed by atoms with Gasteiger partial charge in [0.2, 0.25) is 0 Å². The van der Waals surface area contributed by atoms with E-state index >= 15 is 0 Å². The number of nitrogens with one attached hydrogen (secondary N) is 1. The molecule has 112 valence electrons. The zero-order valence-electron chi connectivity index (χ0n) is 12.0. The molecule has 20 heavy (non-hydrogen) atoms. The van der Waals surface area contributed by atoms with Gasteiger partial charge in [0, 0.05) is 25.8 Å². The van der Waals surface area contributed by atoms with Crippen LogP contribution in [0.2, 0.25) is 0 Å². The highest BCUT2D eigenvalue weighted by atomic mass is 32.2. The minimum atomic E-state index is -3.16. The molecule has 6 heteroatoms. The summed E-state index contributed by atoms with van der Waals surface area (Å²) in [6.45, 7) is 2.96. The first-order chi connectivity index (χ1) is 9.45. The van der Waals surface area contributed by atoms with Gasteiger partial charge in [-0.2, -0.15) is 0 Å². The smallest absolute Gasteiger partial charge is 0.175 e. The third kappa shape index (κ3) is 3.31. The Labute approximate surface area is 120 Å². The second-order valence-electron chi connectivity index (χ2n) is 5.00. The van der Waals surface area contributed by atoms with Crippen molar-refractivity contribution in [3.8, 4) is 5.75 Å². The topological polar surface area (TPSA) is 64.6 Å². The maximum atomic E-state index is 11.4. The van der Waals surface area contributed by atoms with E-state index in [1.54, 1.807) is 31.4 Å². The molecule has 1 aliphatic carbocycles. The summed E-state index contributed by atoms with van der Waals surface area (Å²) >= 11 is 0. The lowest BCUT2D eigenvalue weighted by molar-refractivity contribution is -0.0884. The van der Waals surface area contributed by atoms with Crippen LogP contribution in [0.15, 0.2) is 29.2 Å². The van der Waals surface area contributed by atoms with Crippen LogP contribution >= 0.6 is 0 Å². The third-order valence-electron chi connectivity index (χ3n) is 3.53. The number of hydrogen-bond donors (Lipinski definition) is 1. The van der Waals surface area contributed by atoms with Crippen molar-refractivity contribution >= 4 is 9.84 Å². The number of rotatable bonds is 6. The molecule has 1 aliphatic rings. The lowest BCUT2D eigenvalue weighted by atomic mass is 9.85. The van der Waals surface area contributed by atoms with Gasteiger partial charge in [0.15, 0.2) is 9.84 Å². The van der Waals surface area contributed by atoms with Crippen molar-refractivity contribution in [3.05, 3.63) is 24.3 Å². The molecule has 1 saturated carbocycles. The quantitative estimate of drug-likeness (QED) is 0.856. The van der Waals surface area contributed by atoms with Crippen molar-refractivity contribution in [2.75, 3.05) is 19.9 Å². The van der Waals surface area contributed by atoms with Crippen molar-refractivity contribution in [1.82, 2.24) is 5.32 Å². The first-order valence-electron chi connectivity index (χ1n) is 6.68. The molecule has 0 saturated heterocycles. The molecule has 3 unspecified atom stereocenters. The molecule has 2 rings (SSSR count). The Hall–Kier alpha value is -1.11. The van der Waals surface area contributed by atoms with Gasteiger partial charge < -0.3 is 14.8 Å². The van der Waals surface area contributed by atoms with Crippen LogP contribution in [0.4, 0.5) is 0 Å². The Balaban J connectivity index is 1.98. The van der Waals surface area contributed by atoms with Gasteiger partial charge >= 0.3 is 0 Å². The van der Waals surface area contributed by atoms with Gasteiger partial charge in [-0.1, -0.05) is 6.92 Å². The van der Waals surface area contributed by atoms with Crippen molar-refractivity contribution < 1.29 is 17.9 Å². The predicted octanol–water partition coefficient (Wildman–Crippen LogP) is 1.23. The Morgan fingerprint density at radius 1 is 1.30 bits per heavy atom. The summed E-state index contributed by atoms with van der Waals surface area (Å²) in [6, 6.07) is 6.82. The Morgan fingerprint density at radius 3 is 2.45 bits per heavy atom. The number of benzene rings is 1. The van der Waals surface area contributed by atoms with E-state index in [0.717, 1.165) is 13.0 Å². The number of methoxy groups -OCH3 is 1. The molecule has 0 amide bonds. The van der Waals surface area contributed by atoms with Crippen LogP contribution in [0.25, 0.3) is 0 Å². The van der Waals surface area contributed by atoms with E-state index in [0.29, 0.717) is 16.7 Å². The van der Waals surface area contributed by atoms with Crippen molar-refractivity contribution in [2.24, 2.45) is 0 Å². The Bertz CT molecular complexity index is 541. The zero-order valence-corrected chi connectivity index (χ0v) is 12.8. The normalized spacial score (nSPS) is 26.1. The van der Waals surface area contributed by atoms with Gasteiger partial charge in [-0.05, 0) is 30.8 Å². The summed E-state index contributed by atoms with van der Waals surface area (Å²) in [6.07, 6.45) is 2.12. The second kappa shape index (κ2) is 6.11. The van der Waals surface area contributed by atoms with Gasteiger partial charge in [-0.15, -0.1) is 0 Å². The van der Waals surface area contributed by atoms with E-state index in [-0.39, 0.29) is 12.2 Å². The molecular formula is C14H21NO4S. The molecule has 0 radical (unpaired) electrons. The van der Waals surface area contributed by atoms with Crippen LogP contribution in [-0.2, 0) is 14.6 Å². The van der Waals surface area contributed by atoms with E-state index in [9.17, 15) is 8.42 Å². The van der Waals surface area contributed by atoms with Crippen LogP contribution in [0.1, 0.15) is 13.3 Å². The second-order valence-corrected chi connectivity index (χ2v) is 7.02. The average Bonchev–Trinajstić information content (AvgIpc) is 2.37. The summed E-state index contributed by atoms with van der Waals surface area (Å²) in [4.78, 5) is 0.298. The summed E-state index contributed by atoms with van der Waals surface area (Å²) in [5.74, 6) is 0.666. The van der Waals surface area contributed by atoms with Gasteiger partial charge in [0.25, 0.3) is 0 Å². The maximum absolute atomic E-state index is 11.4. The van der Waals surface area contributed by atoms with Crippen LogP contribution in [0.5, 0.6) is 5.75 Å². The van der Waals surface area contributed by atoms with Crippen LogP contribution in [0.3, 0.4) is 0 Å². The number of sulfone groups is 1. The van der Waals surface area contributed by atoms with Gasteiger partial charge in [0.05, 0.1) is 4.90 Å². The van der Waals surface area contributed by atoms with E-state index in [1.807, 2.05) is 0 Å². The predicted molar refractivity (Wildman–Crippen MR) is 76.8 cm³/mol. The Morgan fingerprint density at radius 2 is 1.95 bits per heavy atom. The molecule has 5 nitrogen and oxygen atoms in total. The number of likely N-dealkylation sites (N-methyl/N-ethyl adjacent to an activating group) is 1. The first kappa shape index (κ1) is 15.3. The first-order valence-corrected chi connectivity index (χ1v) is 8.57. The van der Waals surface area contributed by atoms with Crippen molar-refractivity contribution in [1.29, 1.82) is 0 Å². The third-order valence-corrected chi connectivity index (χ3v) is 4.66. The molecule has 0 bridgehead atoms. The molecule has 1 fully saturated rings. The fourth-order valence-corrected chi connectivity index (χ4v) is 3.05. The summed E-state index contributed by atoms with van der Waals surface area (Å²) in [7, 11) is -1.48. The minimum Gasteiger partial charge on any atom is -0.488 e. The fraction of sp³-hybridized carbons (Fsp3) is 0.571. The standard InChI is InChI=1S/C14H21NO4S/c1-4-15-12-9-13(14(12)18-2)19-10-5-7-11(8-6-10)20(3,16)17/h5-8,12-15H,4,9H2,1-3H3. The van der Waals surface area contributed by atoms with E-state index in [1.165, 1.54) is 6.26 Å². The summed E-state index contributed by atoms with van der Waals surface area (Å²) < 4.78 is 34.0. The maximum Gasteiger partial charge on any atom is 0.175 e. The van der Waals surface area contributed by atoms with Gasteiger partial charge in [0.1, 0.15) is 18.0 Å².